The van der Waals surface area contributed by atoms with E-state index in [1.54, 1.807) is 36.4 Å². The number of benzene rings is 3. The van der Waals surface area contributed by atoms with Crippen LogP contribution in [0.4, 0.5) is 5.69 Å². The summed E-state index contributed by atoms with van der Waals surface area (Å²) in [5, 5.41) is 7.79. The van der Waals surface area contributed by atoms with Crippen LogP contribution in [0.15, 0.2) is 82.6 Å². The molecule has 0 aliphatic carbocycles. The monoisotopic (exact) mass is 489 g/mol. The van der Waals surface area contributed by atoms with Crippen molar-refractivity contribution in [1.29, 1.82) is 0 Å². The van der Waals surface area contributed by atoms with Crippen LogP contribution in [-0.2, 0) is 26.5 Å². The van der Waals surface area contributed by atoms with Crippen molar-refractivity contribution < 1.29 is 26.4 Å². The maximum atomic E-state index is 12.7. The number of methoxy groups -OCH3 is 1. The van der Waals surface area contributed by atoms with Crippen LogP contribution in [0.1, 0.15) is 15.9 Å². The second-order valence-corrected chi connectivity index (χ2v) is 10.3. The number of hydrogen-bond donors (Lipinski definition) is 3. The Balaban J connectivity index is 1.62. The lowest BCUT2D eigenvalue weighted by atomic mass is 10.1. The number of hydrogen-bond acceptors (Lipinski definition) is 6. The first kappa shape index (κ1) is 24.2. The topological polar surface area (TPSA) is 145 Å². The molecule has 3 rings (SSSR count). The number of sulfonamides is 2. The number of anilines is 1. The third-order valence-corrected chi connectivity index (χ3v) is 7.01. The van der Waals surface area contributed by atoms with E-state index in [2.05, 4.69) is 10.0 Å². The summed E-state index contributed by atoms with van der Waals surface area (Å²) < 4.78 is 55.5. The summed E-state index contributed by atoms with van der Waals surface area (Å²) in [6.45, 7) is 0.272. The number of ether oxygens (including phenoxy) is 1. The molecule has 4 N–H and O–H groups in total. The van der Waals surface area contributed by atoms with Gasteiger partial charge in [0, 0.05) is 17.8 Å². The molecule has 1 amide bonds. The van der Waals surface area contributed by atoms with E-state index in [1.165, 1.54) is 43.5 Å². The summed E-state index contributed by atoms with van der Waals surface area (Å²) in [5.41, 5.74) is 1.36. The minimum atomic E-state index is -3.90. The van der Waals surface area contributed by atoms with Gasteiger partial charge in [-0.25, -0.2) is 22.0 Å². The molecular weight excluding hydrogens is 466 g/mol. The standard InChI is InChI=1S/C22H23N3O6S2/c1-31-19-9-7-18(8-10-19)25-33(29,30)21-4-2-3-17(15-21)22(26)24-14-13-16-5-11-20(12-6-16)32(23,27)28/h2-12,15,25H,13-14H2,1H3,(H,24,26)(H2,23,27,28). The van der Waals surface area contributed by atoms with Crippen molar-refractivity contribution in [3.8, 4) is 5.75 Å². The van der Waals surface area contributed by atoms with Crippen LogP contribution >= 0.6 is 0 Å². The van der Waals surface area contributed by atoms with Gasteiger partial charge in [0.25, 0.3) is 15.9 Å². The molecule has 0 unspecified atom stereocenters. The molecule has 3 aromatic rings. The van der Waals surface area contributed by atoms with E-state index in [9.17, 15) is 21.6 Å². The molecule has 0 fully saturated rings. The Kier molecular flexibility index (Phi) is 7.36. The van der Waals surface area contributed by atoms with Gasteiger partial charge in [0.15, 0.2) is 0 Å². The Morgan fingerprint density at radius 3 is 2.18 bits per heavy atom. The second kappa shape index (κ2) is 10.0. The van der Waals surface area contributed by atoms with Gasteiger partial charge < -0.3 is 10.1 Å². The summed E-state index contributed by atoms with van der Waals surface area (Å²) in [4.78, 5) is 12.5. The largest absolute Gasteiger partial charge is 0.497 e. The van der Waals surface area contributed by atoms with Crippen molar-refractivity contribution in [2.45, 2.75) is 16.2 Å². The summed E-state index contributed by atoms with van der Waals surface area (Å²) in [7, 11) is -6.14. The molecule has 174 valence electrons. The van der Waals surface area contributed by atoms with Crippen molar-refractivity contribution in [1.82, 2.24) is 5.32 Å². The zero-order chi connectivity index (χ0) is 24.1. The third-order valence-electron chi connectivity index (χ3n) is 4.70. The number of carbonyl (C=O) groups excluding carboxylic acids is 1. The molecule has 0 bridgehead atoms. The normalized spacial score (nSPS) is 11.6. The van der Waals surface area contributed by atoms with Gasteiger partial charge in [-0.2, -0.15) is 0 Å². The second-order valence-electron chi connectivity index (χ2n) is 7.06. The lowest BCUT2D eigenvalue weighted by Gasteiger charge is -2.10. The van der Waals surface area contributed by atoms with E-state index in [0.717, 1.165) is 5.56 Å². The number of nitrogens with two attached hydrogens (primary N) is 1. The molecule has 0 aliphatic rings. The highest BCUT2D eigenvalue weighted by atomic mass is 32.2. The van der Waals surface area contributed by atoms with Gasteiger partial charge in [-0.05, 0) is 66.6 Å². The van der Waals surface area contributed by atoms with Crippen LogP contribution in [0.25, 0.3) is 0 Å². The van der Waals surface area contributed by atoms with Crippen molar-refractivity contribution in [3.63, 3.8) is 0 Å². The van der Waals surface area contributed by atoms with E-state index < -0.39 is 26.0 Å². The quantitative estimate of drug-likeness (QED) is 0.420. The molecule has 0 radical (unpaired) electrons. The fourth-order valence-corrected chi connectivity index (χ4v) is 4.57. The van der Waals surface area contributed by atoms with Gasteiger partial charge in [0.1, 0.15) is 5.75 Å². The predicted molar refractivity (Wildman–Crippen MR) is 124 cm³/mol. The highest BCUT2D eigenvalue weighted by Gasteiger charge is 2.17. The van der Waals surface area contributed by atoms with Gasteiger partial charge in [0.05, 0.1) is 16.9 Å². The van der Waals surface area contributed by atoms with Crippen molar-refractivity contribution in [3.05, 3.63) is 83.9 Å². The maximum absolute atomic E-state index is 12.7. The fraction of sp³-hybridized carbons (Fsp3) is 0.136. The van der Waals surface area contributed by atoms with Crippen LogP contribution < -0.4 is 19.9 Å². The van der Waals surface area contributed by atoms with Gasteiger partial charge in [-0.1, -0.05) is 18.2 Å². The zero-order valence-electron chi connectivity index (χ0n) is 17.7. The average molecular weight is 490 g/mol. The molecule has 3 aromatic carbocycles. The Hall–Kier alpha value is -3.41. The zero-order valence-corrected chi connectivity index (χ0v) is 19.3. The number of rotatable bonds is 9. The Morgan fingerprint density at radius 1 is 0.909 bits per heavy atom. The van der Waals surface area contributed by atoms with Crippen LogP contribution in [-0.4, -0.2) is 36.4 Å². The molecule has 11 heteroatoms. The first-order valence-electron chi connectivity index (χ1n) is 9.75. The van der Waals surface area contributed by atoms with Crippen LogP contribution in [0.2, 0.25) is 0 Å². The molecule has 0 aliphatic heterocycles. The molecule has 0 atom stereocenters. The summed E-state index contributed by atoms with van der Waals surface area (Å²) >= 11 is 0. The lowest BCUT2D eigenvalue weighted by molar-refractivity contribution is 0.0954. The summed E-state index contributed by atoms with van der Waals surface area (Å²) in [6.07, 6.45) is 0.452. The molecular formula is C22H23N3O6S2. The first-order valence-corrected chi connectivity index (χ1v) is 12.8. The minimum absolute atomic E-state index is 0.0107. The van der Waals surface area contributed by atoms with E-state index in [4.69, 9.17) is 9.88 Å². The number of nitrogens with one attached hydrogen (secondary N) is 2. The maximum Gasteiger partial charge on any atom is 0.261 e. The van der Waals surface area contributed by atoms with E-state index in [1.807, 2.05) is 0 Å². The molecule has 33 heavy (non-hydrogen) atoms. The molecule has 9 nitrogen and oxygen atoms in total. The molecule has 0 saturated carbocycles. The molecule has 0 saturated heterocycles. The number of amides is 1. The first-order chi connectivity index (χ1) is 15.6. The fourth-order valence-electron chi connectivity index (χ4n) is 2.95. The van der Waals surface area contributed by atoms with Gasteiger partial charge in [-0.15, -0.1) is 0 Å². The van der Waals surface area contributed by atoms with Crippen molar-refractivity contribution in [2.75, 3.05) is 18.4 Å². The highest BCUT2D eigenvalue weighted by molar-refractivity contribution is 7.92. The minimum Gasteiger partial charge on any atom is -0.497 e. The van der Waals surface area contributed by atoms with Crippen LogP contribution in [0.3, 0.4) is 0 Å². The highest BCUT2D eigenvalue weighted by Crippen LogP contribution is 2.20. The van der Waals surface area contributed by atoms with E-state index in [0.29, 0.717) is 17.9 Å². The molecule has 0 aromatic heterocycles. The Bertz CT molecular complexity index is 1340. The third kappa shape index (κ3) is 6.54. The molecule has 0 spiro atoms. The number of primary sulfonamides is 1. The van der Waals surface area contributed by atoms with Gasteiger partial charge in [-0.3, -0.25) is 9.52 Å². The molecule has 0 heterocycles. The van der Waals surface area contributed by atoms with Crippen LogP contribution in [0, 0.1) is 0 Å². The van der Waals surface area contributed by atoms with Gasteiger partial charge >= 0.3 is 0 Å². The van der Waals surface area contributed by atoms with Crippen LogP contribution in [0.5, 0.6) is 5.75 Å². The Labute approximate surface area is 192 Å². The summed E-state index contributed by atoms with van der Waals surface area (Å²) in [6, 6.07) is 18.1. The Morgan fingerprint density at radius 2 is 1.58 bits per heavy atom. The van der Waals surface area contributed by atoms with E-state index in [-0.39, 0.29) is 21.9 Å². The average Bonchev–Trinajstić information content (AvgIpc) is 2.79. The van der Waals surface area contributed by atoms with Crippen molar-refractivity contribution in [2.24, 2.45) is 5.14 Å². The summed E-state index contributed by atoms with van der Waals surface area (Å²) in [5.74, 6) is 0.162. The number of carbonyl (C=O) groups is 1. The lowest BCUT2D eigenvalue weighted by Crippen LogP contribution is -2.26. The smallest absolute Gasteiger partial charge is 0.261 e. The van der Waals surface area contributed by atoms with E-state index >= 15 is 0 Å². The van der Waals surface area contributed by atoms with Gasteiger partial charge in [0.2, 0.25) is 10.0 Å². The predicted octanol–water partition coefficient (Wildman–Crippen LogP) is 2.12. The van der Waals surface area contributed by atoms with Crippen molar-refractivity contribution >= 4 is 31.6 Å². The SMILES string of the molecule is COc1ccc(NS(=O)(=O)c2cccc(C(=O)NCCc3ccc(S(N)(=O)=O)cc3)c2)cc1.